The number of rotatable bonds is 10. The number of nitrogens with zero attached hydrogens (tertiary/aromatic N) is 1. The second kappa shape index (κ2) is 14.3. The summed E-state index contributed by atoms with van der Waals surface area (Å²) in [6.45, 7) is 13.1. The summed E-state index contributed by atoms with van der Waals surface area (Å²) in [5.74, 6) is -0.198. The van der Waals surface area contributed by atoms with Gasteiger partial charge in [-0.2, -0.15) is 0 Å². The average molecular weight is 581 g/mol. The molecular formula is C33H44N2O7. The van der Waals surface area contributed by atoms with Gasteiger partial charge in [-0.1, -0.05) is 68.1 Å². The third-order valence-electron chi connectivity index (χ3n) is 7.60. The van der Waals surface area contributed by atoms with Gasteiger partial charge in [0, 0.05) is 24.6 Å². The van der Waals surface area contributed by atoms with Crippen molar-refractivity contribution in [2.24, 2.45) is 5.92 Å². The third-order valence-corrected chi connectivity index (χ3v) is 7.60. The minimum atomic E-state index is -0.629. The molecule has 5 atom stereocenters. The molecule has 2 N–H and O–H groups in total. The first-order valence-corrected chi connectivity index (χ1v) is 14.7. The predicted molar refractivity (Wildman–Crippen MR) is 158 cm³/mol. The first-order valence-electron chi connectivity index (χ1n) is 14.7. The van der Waals surface area contributed by atoms with Gasteiger partial charge in [0.05, 0.1) is 18.8 Å². The Bertz CT molecular complexity index is 1190. The molecule has 0 spiro atoms. The second-order valence-corrected chi connectivity index (χ2v) is 12.0. The highest BCUT2D eigenvalue weighted by atomic mass is 16.7. The van der Waals surface area contributed by atoms with Crippen LogP contribution in [0.25, 0.3) is 0 Å². The minimum absolute atomic E-state index is 0.00818. The Morgan fingerprint density at radius 1 is 1.07 bits per heavy atom. The van der Waals surface area contributed by atoms with Crippen LogP contribution in [-0.4, -0.2) is 59.5 Å². The number of aliphatic hydroxyl groups is 1. The molecule has 0 aliphatic carbocycles. The molecule has 2 fully saturated rings. The van der Waals surface area contributed by atoms with Gasteiger partial charge in [-0.05, 0) is 56.8 Å². The lowest BCUT2D eigenvalue weighted by molar-refractivity contribution is -0.276. The molecule has 2 aromatic carbocycles. The zero-order valence-electron chi connectivity index (χ0n) is 25.1. The Hall–Kier alpha value is -3.24. The monoisotopic (exact) mass is 580 g/mol. The summed E-state index contributed by atoms with van der Waals surface area (Å²) in [5.41, 5.74) is 3.05. The molecule has 1 amide bonds. The molecule has 2 saturated heterocycles. The number of ether oxygens (including phenoxy) is 4. The number of carbonyl (C=O) groups is 2. The Morgan fingerprint density at radius 2 is 1.74 bits per heavy atom. The number of nitrogens with one attached hydrogen (secondary N) is 1. The fraction of sp³-hybridized carbons (Fsp3) is 0.515. The summed E-state index contributed by atoms with van der Waals surface area (Å²) in [6.07, 6.45) is 1.60. The van der Waals surface area contributed by atoms with E-state index in [1.54, 1.807) is 0 Å². The van der Waals surface area contributed by atoms with Gasteiger partial charge in [-0.15, -0.1) is 0 Å². The van der Waals surface area contributed by atoms with Crippen molar-refractivity contribution in [1.82, 2.24) is 10.2 Å². The summed E-state index contributed by atoms with van der Waals surface area (Å²) in [6, 6.07) is 15.2. The number of benzene rings is 2. The van der Waals surface area contributed by atoms with E-state index in [4.69, 9.17) is 18.9 Å². The van der Waals surface area contributed by atoms with E-state index in [-0.39, 0.29) is 43.4 Å². The molecule has 42 heavy (non-hydrogen) atoms. The highest BCUT2D eigenvalue weighted by molar-refractivity contribution is 5.76. The van der Waals surface area contributed by atoms with Crippen molar-refractivity contribution < 1.29 is 33.6 Å². The van der Waals surface area contributed by atoms with E-state index < -0.39 is 18.0 Å². The van der Waals surface area contributed by atoms with E-state index in [0.29, 0.717) is 13.1 Å². The van der Waals surface area contributed by atoms with E-state index in [0.717, 1.165) is 41.6 Å². The predicted octanol–water partition coefficient (Wildman–Crippen LogP) is 5.19. The van der Waals surface area contributed by atoms with Crippen LogP contribution in [0.15, 0.2) is 61.2 Å². The highest BCUT2D eigenvalue weighted by Gasteiger charge is 2.42. The molecule has 0 bridgehead atoms. The lowest BCUT2D eigenvalue weighted by Crippen LogP contribution is -2.48. The number of amides is 1. The number of esters is 1. The minimum Gasteiger partial charge on any atom is -0.459 e. The van der Waals surface area contributed by atoms with Gasteiger partial charge in [-0.3, -0.25) is 9.69 Å². The van der Waals surface area contributed by atoms with Crippen LogP contribution >= 0.6 is 0 Å². The van der Waals surface area contributed by atoms with Crippen molar-refractivity contribution >= 4 is 12.1 Å². The number of aliphatic hydroxyl groups excluding tert-OH is 1. The maximum atomic E-state index is 13.0. The van der Waals surface area contributed by atoms with Crippen LogP contribution in [0.5, 0.6) is 0 Å². The first kappa shape index (κ1) is 31.7. The molecule has 9 nitrogen and oxygen atoms in total. The Kier molecular flexibility index (Phi) is 10.8. The third kappa shape index (κ3) is 8.41. The molecule has 9 heteroatoms. The molecule has 0 aromatic heterocycles. The molecule has 2 heterocycles. The van der Waals surface area contributed by atoms with Crippen molar-refractivity contribution in [3.8, 4) is 0 Å². The normalized spacial score (nSPS) is 24.6. The maximum absolute atomic E-state index is 13.0. The zero-order valence-corrected chi connectivity index (χ0v) is 25.1. The summed E-state index contributed by atoms with van der Waals surface area (Å²) < 4.78 is 23.9. The first-order chi connectivity index (χ1) is 20.1. The van der Waals surface area contributed by atoms with Crippen LogP contribution in [-0.2, 0) is 36.9 Å². The van der Waals surface area contributed by atoms with E-state index in [9.17, 15) is 14.7 Å². The SMILES string of the molecule is C=CCOC(=O)NCc1ccc([C@@H]2O[C@H](CN3CCC[C@H]3C(=O)OC(C)(C)C)[C@H](C)[C@H](c3ccc(CO)cc3)O2)cc1. The molecule has 0 unspecified atom stereocenters. The van der Waals surface area contributed by atoms with Gasteiger partial charge < -0.3 is 29.4 Å². The Labute approximate surface area is 248 Å². The van der Waals surface area contributed by atoms with Gasteiger partial charge in [-0.25, -0.2) is 4.79 Å². The zero-order chi connectivity index (χ0) is 30.3. The smallest absolute Gasteiger partial charge is 0.407 e. The van der Waals surface area contributed by atoms with E-state index >= 15 is 0 Å². The summed E-state index contributed by atoms with van der Waals surface area (Å²) in [4.78, 5) is 27.0. The van der Waals surface area contributed by atoms with Crippen molar-refractivity contribution in [1.29, 1.82) is 0 Å². The van der Waals surface area contributed by atoms with Gasteiger partial charge in [0.15, 0.2) is 6.29 Å². The van der Waals surface area contributed by atoms with Gasteiger partial charge >= 0.3 is 12.1 Å². The molecule has 2 aromatic rings. The van der Waals surface area contributed by atoms with Crippen LogP contribution in [0.2, 0.25) is 0 Å². The quantitative estimate of drug-likeness (QED) is 0.292. The molecule has 228 valence electrons. The standard InChI is InChI=1S/C33H44N2O7/c1-6-18-39-32(38)34-19-23-9-15-26(16-10-23)31-40-28(20-35-17-7-8-27(35)30(37)42-33(3,4)5)22(2)29(41-31)25-13-11-24(21-36)12-14-25/h6,9-16,22,27-29,31,36H,1,7-8,17-21H2,2-5H3,(H,34,38)/t22-,27-,28+,29+,31+/m0/s1. The molecule has 0 radical (unpaired) electrons. The Morgan fingerprint density at radius 3 is 2.38 bits per heavy atom. The second-order valence-electron chi connectivity index (χ2n) is 12.0. The summed E-state index contributed by atoms with van der Waals surface area (Å²) >= 11 is 0. The molecule has 0 saturated carbocycles. The number of likely N-dealkylation sites (tertiary alicyclic amines) is 1. The summed E-state index contributed by atoms with van der Waals surface area (Å²) in [7, 11) is 0. The fourth-order valence-corrected chi connectivity index (χ4v) is 5.39. The van der Waals surface area contributed by atoms with Crippen LogP contribution < -0.4 is 5.32 Å². The van der Waals surface area contributed by atoms with Crippen LogP contribution in [0, 0.1) is 5.92 Å². The van der Waals surface area contributed by atoms with Crippen molar-refractivity contribution in [3.63, 3.8) is 0 Å². The highest BCUT2D eigenvalue weighted by Crippen LogP contribution is 2.42. The van der Waals surface area contributed by atoms with Crippen molar-refractivity contribution in [2.45, 2.75) is 83.8 Å². The average Bonchev–Trinajstić information content (AvgIpc) is 3.44. The van der Waals surface area contributed by atoms with Crippen LogP contribution in [0.3, 0.4) is 0 Å². The van der Waals surface area contributed by atoms with Gasteiger partial charge in [0.2, 0.25) is 0 Å². The topological polar surface area (TPSA) is 107 Å². The van der Waals surface area contributed by atoms with Crippen LogP contribution in [0.1, 0.15) is 75.2 Å². The van der Waals surface area contributed by atoms with Crippen molar-refractivity contribution in [2.75, 3.05) is 19.7 Å². The number of carbonyl (C=O) groups excluding carboxylic acids is 2. The van der Waals surface area contributed by atoms with Crippen LogP contribution in [0.4, 0.5) is 4.79 Å². The fourth-order valence-electron chi connectivity index (χ4n) is 5.39. The lowest BCUT2D eigenvalue weighted by atomic mass is 9.90. The largest absolute Gasteiger partial charge is 0.459 e. The molecular weight excluding hydrogens is 536 g/mol. The molecule has 4 rings (SSSR count). The number of hydrogen-bond donors (Lipinski definition) is 2. The van der Waals surface area contributed by atoms with E-state index in [2.05, 4.69) is 23.7 Å². The molecule has 2 aliphatic rings. The Balaban J connectivity index is 1.52. The summed E-state index contributed by atoms with van der Waals surface area (Å²) in [5, 5.41) is 12.2. The van der Waals surface area contributed by atoms with Crippen molar-refractivity contribution in [3.05, 3.63) is 83.4 Å². The van der Waals surface area contributed by atoms with E-state index in [1.165, 1.54) is 6.08 Å². The maximum Gasteiger partial charge on any atom is 0.407 e. The van der Waals surface area contributed by atoms with E-state index in [1.807, 2.05) is 69.3 Å². The number of hydrogen-bond acceptors (Lipinski definition) is 8. The lowest BCUT2D eigenvalue weighted by Gasteiger charge is -2.43. The number of alkyl carbamates (subject to hydrolysis) is 1. The van der Waals surface area contributed by atoms with Gasteiger partial charge in [0.25, 0.3) is 0 Å². The molecule has 2 aliphatic heterocycles. The van der Waals surface area contributed by atoms with Gasteiger partial charge in [0.1, 0.15) is 18.2 Å².